The molecular weight excluding hydrogens is 240 g/mol. The Labute approximate surface area is 115 Å². The van der Waals surface area contributed by atoms with Gasteiger partial charge in [-0.1, -0.05) is 31.8 Å². The Morgan fingerprint density at radius 2 is 2.26 bits per heavy atom. The SMILES string of the molecule is C=C(C#CCCCC)C1CC(C(=O)OCC)=C(C)O1. The number of carbonyl (C=O) groups excluding carboxylic acids is 1. The quantitative estimate of drug-likeness (QED) is 0.433. The van der Waals surface area contributed by atoms with Crippen LogP contribution in [0.25, 0.3) is 0 Å². The second kappa shape index (κ2) is 7.68. The molecule has 1 aliphatic rings. The van der Waals surface area contributed by atoms with E-state index >= 15 is 0 Å². The molecule has 0 aromatic rings. The highest BCUT2D eigenvalue weighted by molar-refractivity contribution is 5.89. The fourth-order valence-corrected chi connectivity index (χ4v) is 1.82. The van der Waals surface area contributed by atoms with E-state index in [1.807, 2.05) is 0 Å². The van der Waals surface area contributed by atoms with Crippen LogP contribution in [-0.4, -0.2) is 18.7 Å². The van der Waals surface area contributed by atoms with E-state index in [1.54, 1.807) is 13.8 Å². The lowest BCUT2D eigenvalue weighted by Gasteiger charge is -2.09. The van der Waals surface area contributed by atoms with Crippen molar-refractivity contribution in [2.24, 2.45) is 0 Å². The van der Waals surface area contributed by atoms with Crippen molar-refractivity contribution in [3.05, 3.63) is 23.5 Å². The average Bonchev–Trinajstić information content (AvgIpc) is 2.77. The number of hydrogen-bond donors (Lipinski definition) is 0. The zero-order chi connectivity index (χ0) is 14.3. The van der Waals surface area contributed by atoms with Crippen LogP contribution in [0.15, 0.2) is 23.5 Å². The molecule has 1 unspecified atom stereocenters. The van der Waals surface area contributed by atoms with Gasteiger partial charge < -0.3 is 9.47 Å². The van der Waals surface area contributed by atoms with Crippen molar-refractivity contribution in [3.8, 4) is 11.8 Å². The fraction of sp³-hybridized carbons (Fsp3) is 0.562. The Morgan fingerprint density at radius 1 is 1.53 bits per heavy atom. The molecule has 3 heteroatoms. The van der Waals surface area contributed by atoms with E-state index in [9.17, 15) is 4.79 Å². The molecule has 3 nitrogen and oxygen atoms in total. The summed E-state index contributed by atoms with van der Waals surface area (Å²) in [5.74, 6) is 6.43. The first-order chi connectivity index (χ1) is 9.10. The number of rotatable bonds is 5. The Bertz CT molecular complexity index is 435. The highest BCUT2D eigenvalue weighted by Crippen LogP contribution is 2.29. The number of allylic oxidation sites excluding steroid dienone is 1. The minimum atomic E-state index is -0.297. The lowest BCUT2D eigenvalue weighted by Crippen LogP contribution is -2.11. The molecule has 104 valence electrons. The van der Waals surface area contributed by atoms with Gasteiger partial charge in [0, 0.05) is 18.4 Å². The van der Waals surface area contributed by atoms with Crippen molar-refractivity contribution in [1.82, 2.24) is 0 Å². The minimum Gasteiger partial charge on any atom is -0.489 e. The zero-order valence-electron chi connectivity index (χ0n) is 12.0. The van der Waals surface area contributed by atoms with Crippen molar-refractivity contribution < 1.29 is 14.3 Å². The van der Waals surface area contributed by atoms with Crippen molar-refractivity contribution in [2.45, 2.75) is 52.6 Å². The van der Waals surface area contributed by atoms with Crippen molar-refractivity contribution in [3.63, 3.8) is 0 Å². The van der Waals surface area contributed by atoms with E-state index in [1.165, 1.54) is 0 Å². The van der Waals surface area contributed by atoms with Gasteiger partial charge in [-0.05, 0) is 20.3 Å². The third-order valence-corrected chi connectivity index (χ3v) is 2.95. The Morgan fingerprint density at radius 3 is 2.89 bits per heavy atom. The van der Waals surface area contributed by atoms with Crippen LogP contribution in [0.1, 0.15) is 46.5 Å². The number of hydrogen-bond acceptors (Lipinski definition) is 3. The van der Waals surface area contributed by atoms with Crippen molar-refractivity contribution in [1.29, 1.82) is 0 Å². The van der Waals surface area contributed by atoms with Crippen molar-refractivity contribution >= 4 is 5.97 Å². The maximum Gasteiger partial charge on any atom is 0.337 e. The number of esters is 1. The molecule has 0 saturated heterocycles. The third kappa shape index (κ3) is 4.48. The number of unbranched alkanes of at least 4 members (excludes halogenated alkanes) is 2. The first-order valence-electron chi connectivity index (χ1n) is 6.81. The highest BCUT2D eigenvalue weighted by atomic mass is 16.5. The zero-order valence-corrected chi connectivity index (χ0v) is 12.0. The van der Waals surface area contributed by atoms with Crippen LogP contribution >= 0.6 is 0 Å². The second-order valence-corrected chi connectivity index (χ2v) is 4.50. The summed E-state index contributed by atoms with van der Waals surface area (Å²) >= 11 is 0. The summed E-state index contributed by atoms with van der Waals surface area (Å²) in [7, 11) is 0. The standard InChI is InChI=1S/C16H22O3/c1-5-7-8-9-10-12(3)15-11-14(13(4)19-15)16(17)18-6-2/h15H,3,5-8,11H2,1-2,4H3. The van der Waals surface area contributed by atoms with Gasteiger partial charge in [-0.2, -0.15) is 0 Å². The molecule has 0 amide bonds. The van der Waals surface area contributed by atoms with Crippen LogP contribution in [0, 0.1) is 11.8 Å². The van der Waals surface area contributed by atoms with Crippen LogP contribution in [0.4, 0.5) is 0 Å². The van der Waals surface area contributed by atoms with E-state index in [2.05, 4.69) is 25.3 Å². The van der Waals surface area contributed by atoms with Gasteiger partial charge in [-0.25, -0.2) is 4.79 Å². The van der Waals surface area contributed by atoms with Gasteiger partial charge in [-0.15, -0.1) is 0 Å². The van der Waals surface area contributed by atoms with Gasteiger partial charge in [0.1, 0.15) is 11.9 Å². The van der Waals surface area contributed by atoms with Crippen LogP contribution in [-0.2, 0) is 14.3 Å². The Hall–Kier alpha value is -1.69. The average molecular weight is 262 g/mol. The molecule has 0 N–H and O–H groups in total. The molecule has 0 radical (unpaired) electrons. The summed E-state index contributed by atoms with van der Waals surface area (Å²) in [6.07, 6.45) is 3.39. The molecule has 0 aliphatic carbocycles. The largest absolute Gasteiger partial charge is 0.489 e. The van der Waals surface area contributed by atoms with E-state index in [0.717, 1.165) is 24.8 Å². The molecule has 1 heterocycles. The molecule has 0 bridgehead atoms. The molecule has 1 aliphatic heterocycles. The van der Waals surface area contributed by atoms with Gasteiger partial charge in [0.15, 0.2) is 0 Å². The van der Waals surface area contributed by atoms with Crippen LogP contribution in [0.3, 0.4) is 0 Å². The molecule has 0 spiro atoms. The maximum absolute atomic E-state index is 11.7. The minimum absolute atomic E-state index is 0.214. The van der Waals surface area contributed by atoms with Crippen LogP contribution in [0.5, 0.6) is 0 Å². The topological polar surface area (TPSA) is 35.5 Å². The Kier molecular flexibility index (Phi) is 6.21. The van der Waals surface area contributed by atoms with Gasteiger partial charge in [0.25, 0.3) is 0 Å². The van der Waals surface area contributed by atoms with Gasteiger partial charge in [0.05, 0.1) is 12.2 Å². The molecular formula is C16H22O3. The van der Waals surface area contributed by atoms with E-state index in [4.69, 9.17) is 9.47 Å². The summed E-state index contributed by atoms with van der Waals surface area (Å²) in [6, 6.07) is 0. The monoisotopic (exact) mass is 262 g/mol. The van der Waals surface area contributed by atoms with Crippen LogP contribution < -0.4 is 0 Å². The molecule has 0 fully saturated rings. The number of ether oxygens (including phenoxy) is 2. The molecule has 19 heavy (non-hydrogen) atoms. The molecule has 1 atom stereocenters. The maximum atomic E-state index is 11.7. The van der Waals surface area contributed by atoms with E-state index in [-0.39, 0.29) is 12.1 Å². The lowest BCUT2D eigenvalue weighted by atomic mass is 10.0. The normalized spacial score (nSPS) is 17.5. The lowest BCUT2D eigenvalue weighted by molar-refractivity contribution is -0.138. The first-order valence-corrected chi connectivity index (χ1v) is 6.81. The number of carbonyl (C=O) groups is 1. The van der Waals surface area contributed by atoms with E-state index < -0.39 is 0 Å². The molecule has 0 aromatic carbocycles. The predicted molar refractivity (Wildman–Crippen MR) is 75.3 cm³/mol. The smallest absolute Gasteiger partial charge is 0.337 e. The van der Waals surface area contributed by atoms with Crippen LogP contribution in [0.2, 0.25) is 0 Å². The summed E-state index contributed by atoms with van der Waals surface area (Å²) in [5, 5.41) is 0. The summed E-state index contributed by atoms with van der Waals surface area (Å²) in [5.41, 5.74) is 1.33. The fourth-order valence-electron chi connectivity index (χ4n) is 1.82. The third-order valence-electron chi connectivity index (χ3n) is 2.95. The van der Waals surface area contributed by atoms with Gasteiger partial charge in [-0.3, -0.25) is 0 Å². The summed E-state index contributed by atoms with van der Waals surface area (Å²) in [6.45, 7) is 10.0. The second-order valence-electron chi connectivity index (χ2n) is 4.50. The van der Waals surface area contributed by atoms with E-state index in [0.29, 0.717) is 24.4 Å². The Balaban J connectivity index is 2.55. The molecule has 0 saturated carbocycles. The molecule has 0 aromatic heterocycles. The van der Waals surface area contributed by atoms with Gasteiger partial charge in [0.2, 0.25) is 0 Å². The first kappa shape index (κ1) is 15.4. The van der Waals surface area contributed by atoms with Crippen molar-refractivity contribution in [2.75, 3.05) is 6.61 Å². The predicted octanol–water partition coefficient (Wildman–Crippen LogP) is 3.36. The molecule has 1 rings (SSSR count). The van der Waals surface area contributed by atoms with Gasteiger partial charge >= 0.3 is 5.97 Å². The highest BCUT2D eigenvalue weighted by Gasteiger charge is 2.29. The summed E-state index contributed by atoms with van der Waals surface area (Å²) < 4.78 is 10.6. The summed E-state index contributed by atoms with van der Waals surface area (Å²) in [4.78, 5) is 11.7.